The zero-order chi connectivity index (χ0) is 16.7. The third kappa shape index (κ3) is 3.45. The van der Waals surface area contributed by atoms with Gasteiger partial charge in [-0.1, -0.05) is 13.8 Å². The van der Waals surface area contributed by atoms with Crippen molar-refractivity contribution in [3.05, 3.63) is 30.1 Å². The summed E-state index contributed by atoms with van der Waals surface area (Å²) in [4.78, 5) is 16.7. The first-order valence-electron chi connectivity index (χ1n) is 8.57. The molecule has 4 saturated carbocycles. The Balaban J connectivity index is 0.000000670. The van der Waals surface area contributed by atoms with Gasteiger partial charge in [-0.25, -0.2) is 0 Å². The molecule has 0 spiro atoms. The number of aliphatic hydroxyl groups is 1. The van der Waals surface area contributed by atoms with E-state index in [0.29, 0.717) is 16.4 Å². The summed E-state index contributed by atoms with van der Waals surface area (Å²) in [5.41, 5.74) is 1.56. The fourth-order valence-corrected chi connectivity index (χ4v) is 6.40. The Hall–Kier alpha value is -1.13. The van der Waals surface area contributed by atoms with Crippen molar-refractivity contribution < 1.29 is 9.90 Å². The minimum atomic E-state index is 0. The first kappa shape index (κ1) is 19.2. The summed E-state index contributed by atoms with van der Waals surface area (Å²) in [7, 11) is 1.00. The first-order valence-corrected chi connectivity index (χ1v) is 8.57. The molecular formula is C19H29ClN2O2. The highest BCUT2D eigenvalue weighted by molar-refractivity contribution is 5.94. The van der Waals surface area contributed by atoms with Crippen LogP contribution >= 0.6 is 12.4 Å². The summed E-state index contributed by atoms with van der Waals surface area (Å²) in [6, 6.07) is 3.68. The Bertz CT molecular complexity index is 574. The maximum atomic E-state index is 12.6. The molecule has 4 bridgehead atoms. The molecule has 2 unspecified atom stereocenters. The van der Waals surface area contributed by atoms with Gasteiger partial charge in [0.2, 0.25) is 0 Å². The number of nitrogens with one attached hydrogen (secondary N) is 1. The predicted molar refractivity (Wildman–Crippen MR) is 97.2 cm³/mol. The quantitative estimate of drug-likeness (QED) is 0.855. The molecule has 4 aliphatic carbocycles. The maximum Gasteiger partial charge on any atom is 0.253 e. The third-order valence-electron chi connectivity index (χ3n) is 5.93. The lowest BCUT2D eigenvalue weighted by molar-refractivity contribution is -0.114. The molecule has 5 heteroatoms. The standard InChI is InChI=1S/C18H24N2O.CH4O.ClH/c1-16-6-13-7-17(2,10-16)12-18(8-13,11-16)20-15(21)14-4-3-5-19-9-14;1-2;/h3-5,9,13H,6-8,10-12H2,1-2H3,(H,20,21);2H,1H3;1H. The van der Waals surface area contributed by atoms with Crippen LogP contribution in [0.3, 0.4) is 0 Å². The van der Waals surface area contributed by atoms with Crippen LogP contribution in [0, 0.1) is 16.7 Å². The van der Waals surface area contributed by atoms with Crippen molar-refractivity contribution in [1.29, 1.82) is 0 Å². The molecule has 4 nitrogen and oxygen atoms in total. The summed E-state index contributed by atoms with van der Waals surface area (Å²) in [6.07, 6.45) is 10.9. The Labute approximate surface area is 150 Å². The van der Waals surface area contributed by atoms with Crippen molar-refractivity contribution in [3.63, 3.8) is 0 Å². The van der Waals surface area contributed by atoms with Gasteiger partial charge in [0.1, 0.15) is 0 Å². The van der Waals surface area contributed by atoms with E-state index in [0.717, 1.165) is 25.9 Å². The Morgan fingerprint density at radius 2 is 1.79 bits per heavy atom. The molecular weight excluding hydrogens is 324 g/mol. The maximum absolute atomic E-state index is 12.6. The molecule has 0 radical (unpaired) electrons. The highest BCUT2D eigenvalue weighted by atomic mass is 35.5. The van der Waals surface area contributed by atoms with Crippen LogP contribution in [0.4, 0.5) is 0 Å². The van der Waals surface area contributed by atoms with Gasteiger partial charge in [-0.15, -0.1) is 12.4 Å². The van der Waals surface area contributed by atoms with Crippen LogP contribution in [0.1, 0.15) is 62.7 Å². The zero-order valence-electron chi connectivity index (χ0n) is 14.8. The minimum absolute atomic E-state index is 0. The fourth-order valence-electron chi connectivity index (χ4n) is 6.40. The van der Waals surface area contributed by atoms with Crippen LogP contribution in [0.2, 0.25) is 0 Å². The first-order chi connectivity index (χ1) is 10.9. The van der Waals surface area contributed by atoms with Crippen molar-refractivity contribution in [2.45, 2.75) is 57.9 Å². The van der Waals surface area contributed by atoms with Crippen LogP contribution in [-0.4, -0.2) is 28.6 Å². The SMILES string of the molecule is CC12CC3CC(C)(C1)CC(NC(=O)c1cccnc1)(C3)C2.CO.Cl. The Morgan fingerprint density at radius 3 is 2.29 bits per heavy atom. The number of amides is 1. The van der Waals surface area contributed by atoms with E-state index < -0.39 is 0 Å². The van der Waals surface area contributed by atoms with Crippen molar-refractivity contribution in [2.75, 3.05) is 7.11 Å². The number of nitrogens with zero attached hydrogens (tertiary/aromatic N) is 1. The van der Waals surface area contributed by atoms with E-state index in [1.54, 1.807) is 12.4 Å². The molecule has 1 aromatic heterocycles. The van der Waals surface area contributed by atoms with E-state index in [4.69, 9.17) is 5.11 Å². The van der Waals surface area contributed by atoms with Gasteiger partial charge in [-0.3, -0.25) is 9.78 Å². The second-order valence-corrected chi connectivity index (χ2v) is 8.61. The molecule has 5 rings (SSSR count). The average Bonchev–Trinajstić information content (AvgIpc) is 2.46. The van der Waals surface area contributed by atoms with E-state index in [1.807, 2.05) is 12.1 Å². The highest BCUT2D eigenvalue weighted by Crippen LogP contribution is 2.66. The lowest BCUT2D eigenvalue weighted by Crippen LogP contribution is -2.65. The lowest BCUT2D eigenvalue weighted by atomic mass is 9.43. The number of carbonyl (C=O) groups excluding carboxylic acids is 1. The summed E-state index contributed by atoms with van der Waals surface area (Å²) in [5.74, 6) is 0.850. The van der Waals surface area contributed by atoms with Gasteiger partial charge in [0.15, 0.2) is 0 Å². The normalized spacial score (nSPS) is 38.6. The summed E-state index contributed by atoms with van der Waals surface area (Å²) in [6.45, 7) is 4.86. The van der Waals surface area contributed by atoms with Crippen LogP contribution in [0.5, 0.6) is 0 Å². The number of rotatable bonds is 2. The molecule has 0 saturated heterocycles. The second kappa shape index (κ2) is 6.64. The van der Waals surface area contributed by atoms with Crippen molar-refractivity contribution in [2.24, 2.45) is 16.7 Å². The predicted octanol–water partition coefficient (Wildman–Crippen LogP) is 3.59. The van der Waals surface area contributed by atoms with Crippen LogP contribution in [0.25, 0.3) is 0 Å². The second-order valence-electron chi connectivity index (χ2n) is 8.61. The molecule has 24 heavy (non-hydrogen) atoms. The Morgan fingerprint density at radius 1 is 1.17 bits per heavy atom. The van der Waals surface area contributed by atoms with Crippen LogP contribution < -0.4 is 5.32 Å². The number of carbonyl (C=O) groups is 1. The van der Waals surface area contributed by atoms with Crippen LogP contribution in [-0.2, 0) is 0 Å². The third-order valence-corrected chi connectivity index (χ3v) is 5.93. The molecule has 2 N–H and O–H groups in total. The van der Waals surface area contributed by atoms with Crippen molar-refractivity contribution in [1.82, 2.24) is 10.3 Å². The van der Waals surface area contributed by atoms with Gasteiger partial charge >= 0.3 is 0 Å². The number of aromatic nitrogens is 1. The zero-order valence-corrected chi connectivity index (χ0v) is 15.7. The number of pyridine rings is 1. The van der Waals surface area contributed by atoms with Gasteiger partial charge in [-0.05, 0) is 67.4 Å². The topological polar surface area (TPSA) is 62.2 Å². The van der Waals surface area contributed by atoms with Gasteiger partial charge < -0.3 is 10.4 Å². The number of hydrogen-bond donors (Lipinski definition) is 2. The molecule has 2 atom stereocenters. The molecule has 1 heterocycles. The van der Waals surface area contributed by atoms with Gasteiger partial charge in [-0.2, -0.15) is 0 Å². The number of halogens is 1. The molecule has 1 aromatic rings. The van der Waals surface area contributed by atoms with Gasteiger partial charge in [0.25, 0.3) is 5.91 Å². The minimum Gasteiger partial charge on any atom is -0.400 e. The van der Waals surface area contributed by atoms with E-state index in [1.165, 1.54) is 25.7 Å². The van der Waals surface area contributed by atoms with E-state index in [-0.39, 0.29) is 23.9 Å². The van der Waals surface area contributed by atoms with E-state index in [2.05, 4.69) is 24.1 Å². The fraction of sp³-hybridized carbons (Fsp3) is 0.684. The van der Waals surface area contributed by atoms with Crippen LogP contribution in [0.15, 0.2) is 24.5 Å². The van der Waals surface area contributed by atoms with E-state index >= 15 is 0 Å². The van der Waals surface area contributed by atoms with Gasteiger partial charge in [0, 0.05) is 25.0 Å². The summed E-state index contributed by atoms with van der Waals surface area (Å²) < 4.78 is 0. The molecule has 4 aliphatic rings. The monoisotopic (exact) mass is 352 g/mol. The molecule has 1 amide bonds. The molecule has 4 fully saturated rings. The summed E-state index contributed by atoms with van der Waals surface area (Å²) >= 11 is 0. The van der Waals surface area contributed by atoms with Crippen molar-refractivity contribution in [3.8, 4) is 0 Å². The molecule has 0 aliphatic heterocycles. The smallest absolute Gasteiger partial charge is 0.253 e. The largest absolute Gasteiger partial charge is 0.400 e. The summed E-state index contributed by atoms with van der Waals surface area (Å²) in [5, 5.41) is 10.4. The Kier molecular flexibility index (Phi) is 5.31. The van der Waals surface area contributed by atoms with Gasteiger partial charge in [0.05, 0.1) is 5.56 Å². The number of aliphatic hydroxyl groups excluding tert-OH is 1. The highest BCUT2D eigenvalue weighted by Gasteiger charge is 2.60. The number of hydrogen-bond acceptors (Lipinski definition) is 3. The van der Waals surface area contributed by atoms with Crippen molar-refractivity contribution >= 4 is 18.3 Å². The lowest BCUT2D eigenvalue weighted by Gasteiger charge is -2.65. The van der Waals surface area contributed by atoms with E-state index in [9.17, 15) is 4.79 Å². The molecule has 0 aromatic carbocycles. The molecule has 134 valence electrons. The average molecular weight is 353 g/mol.